The fraction of sp³-hybridized carbons (Fsp3) is 0.588. The van der Waals surface area contributed by atoms with Gasteiger partial charge in [-0.2, -0.15) is 0 Å². The van der Waals surface area contributed by atoms with E-state index >= 15 is 0 Å². The van der Waals surface area contributed by atoms with Crippen LogP contribution in [0.1, 0.15) is 56.6 Å². The van der Waals surface area contributed by atoms with Crippen molar-refractivity contribution in [2.45, 2.75) is 63.1 Å². The van der Waals surface area contributed by atoms with Crippen LogP contribution >= 0.6 is 0 Å². The Kier molecular flexibility index (Phi) is 4.54. The summed E-state index contributed by atoms with van der Waals surface area (Å²) in [5.41, 5.74) is 0.847. The first-order valence-electron chi connectivity index (χ1n) is 8.04. The van der Waals surface area contributed by atoms with Gasteiger partial charge in [0, 0.05) is 12.1 Å². The first kappa shape index (κ1) is 14.5. The van der Waals surface area contributed by atoms with Crippen molar-refractivity contribution in [3.8, 4) is 0 Å². The van der Waals surface area contributed by atoms with Gasteiger partial charge in [0.25, 0.3) is 0 Å². The van der Waals surface area contributed by atoms with E-state index in [-0.39, 0.29) is 17.8 Å². The molecule has 0 bridgehead atoms. The number of carbonyl (C=O) groups excluding carboxylic acids is 1. The van der Waals surface area contributed by atoms with Gasteiger partial charge in [0.2, 0.25) is 5.91 Å². The van der Waals surface area contributed by atoms with Crippen LogP contribution in [0.2, 0.25) is 0 Å². The van der Waals surface area contributed by atoms with Crippen LogP contribution in [-0.2, 0) is 4.79 Å². The Morgan fingerprint density at radius 3 is 2.29 bits per heavy atom. The molecule has 0 aliphatic heterocycles. The summed E-state index contributed by atoms with van der Waals surface area (Å²) in [6.45, 7) is 0. The van der Waals surface area contributed by atoms with Crippen LogP contribution in [0.4, 0.5) is 4.39 Å². The lowest BCUT2D eigenvalue weighted by Crippen LogP contribution is -2.43. The van der Waals surface area contributed by atoms with Crippen molar-refractivity contribution in [3.05, 3.63) is 35.6 Å². The highest BCUT2D eigenvalue weighted by Gasteiger charge is 2.30. The lowest BCUT2D eigenvalue weighted by molar-refractivity contribution is -0.123. The molecule has 2 N–H and O–H groups in total. The van der Waals surface area contributed by atoms with Gasteiger partial charge in [0.1, 0.15) is 11.9 Å². The normalized spacial score (nSPS) is 21.0. The zero-order valence-electron chi connectivity index (χ0n) is 12.3. The standard InChI is InChI=1S/C17H23FN2O/c18-13-8-6-12(7-9-13)16(17(21)20-15-10-11-15)19-14-4-2-1-3-5-14/h6-9,14-16,19H,1-5,10-11H2,(H,20,21). The van der Waals surface area contributed by atoms with Gasteiger partial charge in [0.05, 0.1) is 0 Å². The topological polar surface area (TPSA) is 41.1 Å². The molecule has 21 heavy (non-hydrogen) atoms. The number of hydrogen-bond donors (Lipinski definition) is 2. The van der Waals surface area contributed by atoms with Crippen LogP contribution in [0.15, 0.2) is 24.3 Å². The van der Waals surface area contributed by atoms with Crippen molar-refractivity contribution in [1.29, 1.82) is 0 Å². The van der Waals surface area contributed by atoms with E-state index in [0.29, 0.717) is 12.1 Å². The van der Waals surface area contributed by atoms with Crippen molar-refractivity contribution in [2.75, 3.05) is 0 Å². The number of benzene rings is 1. The molecule has 0 aromatic heterocycles. The van der Waals surface area contributed by atoms with Gasteiger partial charge in [-0.25, -0.2) is 4.39 Å². The molecule has 0 spiro atoms. The summed E-state index contributed by atoms with van der Waals surface area (Å²) >= 11 is 0. The average molecular weight is 290 g/mol. The smallest absolute Gasteiger partial charge is 0.241 e. The zero-order valence-corrected chi connectivity index (χ0v) is 12.3. The lowest BCUT2D eigenvalue weighted by Gasteiger charge is -2.28. The Morgan fingerprint density at radius 2 is 1.67 bits per heavy atom. The minimum Gasteiger partial charge on any atom is -0.352 e. The molecule has 2 saturated carbocycles. The van der Waals surface area contributed by atoms with Crippen molar-refractivity contribution in [1.82, 2.24) is 10.6 Å². The second kappa shape index (κ2) is 6.56. The minimum atomic E-state index is -0.366. The first-order chi connectivity index (χ1) is 10.2. The van der Waals surface area contributed by atoms with Gasteiger partial charge in [-0.3, -0.25) is 10.1 Å². The fourth-order valence-corrected chi connectivity index (χ4v) is 3.00. The van der Waals surface area contributed by atoms with Crippen LogP contribution < -0.4 is 10.6 Å². The van der Waals surface area contributed by atoms with Gasteiger partial charge < -0.3 is 5.32 Å². The fourth-order valence-electron chi connectivity index (χ4n) is 3.00. The number of rotatable bonds is 5. The summed E-state index contributed by atoms with van der Waals surface area (Å²) in [5.74, 6) is -0.243. The van der Waals surface area contributed by atoms with E-state index in [1.165, 1.54) is 31.4 Å². The Bertz CT molecular complexity index is 478. The summed E-state index contributed by atoms with van der Waals surface area (Å²) in [4.78, 5) is 12.5. The molecule has 2 aliphatic rings. The SMILES string of the molecule is O=C(NC1CC1)C(NC1CCCCC1)c1ccc(F)cc1. The van der Waals surface area contributed by atoms with Gasteiger partial charge in [0.15, 0.2) is 0 Å². The molecule has 1 unspecified atom stereocenters. The summed E-state index contributed by atoms with van der Waals surface area (Å²) in [6, 6.07) is 6.64. The average Bonchev–Trinajstić information content (AvgIpc) is 3.31. The highest BCUT2D eigenvalue weighted by molar-refractivity contribution is 5.83. The van der Waals surface area contributed by atoms with Crippen molar-refractivity contribution < 1.29 is 9.18 Å². The molecular weight excluding hydrogens is 267 g/mol. The van der Waals surface area contributed by atoms with E-state index in [4.69, 9.17) is 0 Å². The third-order valence-corrected chi connectivity index (χ3v) is 4.40. The Hall–Kier alpha value is -1.42. The monoisotopic (exact) mass is 290 g/mol. The molecule has 3 rings (SSSR count). The maximum atomic E-state index is 13.1. The molecular formula is C17H23FN2O. The second-order valence-electron chi connectivity index (χ2n) is 6.27. The Morgan fingerprint density at radius 1 is 1.00 bits per heavy atom. The molecule has 3 nitrogen and oxygen atoms in total. The summed E-state index contributed by atoms with van der Waals surface area (Å²) in [6.07, 6.45) is 8.11. The lowest BCUT2D eigenvalue weighted by atomic mass is 9.93. The van der Waals surface area contributed by atoms with E-state index in [9.17, 15) is 9.18 Å². The number of nitrogens with one attached hydrogen (secondary N) is 2. The molecule has 2 aliphatic carbocycles. The van der Waals surface area contributed by atoms with Crippen LogP contribution in [0.3, 0.4) is 0 Å². The van der Waals surface area contributed by atoms with Crippen molar-refractivity contribution in [3.63, 3.8) is 0 Å². The van der Waals surface area contributed by atoms with Gasteiger partial charge in [-0.15, -0.1) is 0 Å². The summed E-state index contributed by atoms with van der Waals surface area (Å²) < 4.78 is 13.1. The van der Waals surface area contributed by atoms with Crippen molar-refractivity contribution in [2.24, 2.45) is 0 Å². The molecule has 2 fully saturated rings. The van der Waals surface area contributed by atoms with Crippen LogP contribution in [-0.4, -0.2) is 18.0 Å². The van der Waals surface area contributed by atoms with E-state index in [0.717, 1.165) is 31.2 Å². The second-order valence-corrected chi connectivity index (χ2v) is 6.27. The largest absolute Gasteiger partial charge is 0.352 e. The van der Waals surface area contributed by atoms with Crippen LogP contribution in [0, 0.1) is 5.82 Å². The molecule has 1 aromatic rings. The molecule has 114 valence electrons. The van der Waals surface area contributed by atoms with Gasteiger partial charge >= 0.3 is 0 Å². The molecule has 1 atom stereocenters. The number of carbonyl (C=O) groups is 1. The first-order valence-corrected chi connectivity index (χ1v) is 8.04. The molecule has 0 saturated heterocycles. The predicted octanol–water partition coefficient (Wildman–Crippen LogP) is 3.07. The van der Waals surface area contributed by atoms with E-state index in [1.807, 2.05) is 0 Å². The van der Waals surface area contributed by atoms with E-state index in [1.54, 1.807) is 12.1 Å². The molecule has 1 aromatic carbocycles. The van der Waals surface area contributed by atoms with Crippen LogP contribution in [0.25, 0.3) is 0 Å². The molecule has 1 amide bonds. The number of hydrogen-bond acceptors (Lipinski definition) is 2. The van der Waals surface area contributed by atoms with E-state index in [2.05, 4.69) is 10.6 Å². The molecule has 4 heteroatoms. The third kappa shape index (κ3) is 4.03. The quantitative estimate of drug-likeness (QED) is 0.875. The van der Waals surface area contributed by atoms with E-state index < -0.39 is 0 Å². The molecule has 0 heterocycles. The van der Waals surface area contributed by atoms with Gasteiger partial charge in [-0.1, -0.05) is 31.4 Å². The minimum absolute atomic E-state index is 0.0229. The highest BCUT2D eigenvalue weighted by Crippen LogP contribution is 2.24. The summed E-state index contributed by atoms with van der Waals surface area (Å²) in [5, 5.41) is 6.55. The zero-order chi connectivity index (χ0) is 14.7. The van der Waals surface area contributed by atoms with Crippen LogP contribution in [0.5, 0.6) is 0 Å². The number of amides is 1. The predicted molar refractivity (Wildman–Crippen MR) is 80.3 cm³/mol. The van der Waals surface area contributed by atoms with Crippen molar-refractivity contribution >= 4 is 5.91 Å². The Labute approximate surface area is 125 Å². The summed E-state index contributed by atoms with van der Waals surface area (Å²) in [7, 11) is 0. The number of halogens is 1. The maximum absolute atomic E-state index is 13.1. The van der Waals surface area contributed by atoms with Gasteiger partial charge in [-0.05, 0) is 43.4 Å². The molecule has 0 radical (unpaired) electrons. The maximum Gasteiger partial charge on any atom is 0.241 e. The highest BCUT2D eigenvalue weighted by atomic mass is 19.1. The Balaban J connectivity index is 1.72. The third-order valence-electron chi connectivity index (χ3n) is 4.40.